The second-order valence-corrected chi connectivity index (χ2v) is 7.37. The van der Waals surface area contributed by atoms with Crippen molar-refractivity contribution in [2.24, 2.45) is 5.92 Å². The fourth-order valence-corrected chi connectivity index (χ4v) is 4.36. The quantitative estimate of drug-likeness (QED) is 0.587. The van der Waals surface area contributed by atoms with Gasteiger partial charge in [-0.2, -0.15) is 0 Å². The van der Waals surface area contributed by atoms with Crippen LogP contribution >= 0.6 is 0 Å². The lowest BCUT2D eigenvalue weighted by molar-refractivity contribution is 0.330. The molecule has 3 rings (SSSR count). The number of hydrogen-bond acceptors (Lipinski definition) is 1. The molecule has 1 fully saturated rings. The van der Waals surface area contributed by atoms with Crippen molar-refractivity contribution in [3.8, 4) is 0 Å². The topological polar surface area (TPSA) is 3.24 Å². The van der Waals surface area contributed by atoms with Crippen molar-refractivity contribution in [1.82, 2.24) is 4.90 Å². The van der Waals surface area contributed by atoms with E-state index in [1.54, 1.807) is 0 Å². The van der Waals surface area contributed by atoms with Crippen LogP contribution in [0, 0.1) is 5.92 Å². The molecule has 1 aromatic rings. The number of benzene rings is 1. The maximum absolute atomic E-state index is 4.35. The van der Waals surface area contributed by atoms with Gasteiger partial charge in [-0.1, -0.05) is 76.3 Å². The predicted octanol–water partition coefficient (Wildman–Crippen LogP) is 5.95. The Morgan fingerprint density at radius 1 is 1.26 bits per heavy atom. The fourth-order valence-electron chi connectivity index (χ4n) is 4.36. The second-order valence-electron chi connectivity index (χ2n) is 7.37. The summed E-state index contributed by atoms with van der Waals surface area (Å²) in [5.74, 6) is 0.906. The van der Waals surface area contributed by atoms with Gasteiger partial charge in [-0.15, -0.1) is 6.58 Å². The summed E-state index contributed by atoms with van der Waals surface area (Å²) >= 11 is 0. The Morgan fingerprint density at radius 2 is 2.04 bits per heavy atom. The molecule has 0 spiro atoms. The molecule has 1 atom stereocenters. The van der Waals surface area contributed by atoms with Gasteiger partial charge in [0.2, 0.25) is 0 Å². The molecule has 1 heterocycles. The molecule has 0 radical (unpaired) electrons. The van der Waals surface area contributed by atoms with Crippen molar-refractivity contribution in [3.63, 3.8) is 0 Å². The van der Waals surface area contributed by atoms with Crippen LogP contribution in [0.3, 0.4) is 0 Å². The van der Waals surface area contributed by atoms with Crippen LogP contribution < -0.4 is 0 Å². The highest BCUT2D eigenvalue weighted by Gasteiger charge is 2.27. The standard InChI is InChI=1S/C22H31N/c1-4-9-21(5-2)23-16-20-15-19(12-13-22(20)17(23)3)14-18-10-7-6-8-11-18/h5,12-13,15,18,21H,2-4,6-11,14,16H2,1H3. The van der Waals surface area contributed by atoms with E-state index in [1.165, 1.54) is 67.3 Å². The van der Waals surface area contributed by atoms with Gasteiger partial charge in [0.1, 0.15) is 0 Å². The Labute approximate surface area is 142 Å². The first-order valence-electron chi connectivity index (χ1n) is 9.43. The van der Waals surface area contributed by atoms with Crippen molar-refractivity contribution in [3.05, 3.63) is 54.1 Å². The Balaban J connectivity index is 1.72. The van der Waals surface area contributed by atoms with E-state index in [2.05, 4.69) is 49.3 Å². The number of nitrogens with zero attached hydrogens (tertiary/aromatic N) is 1. The zero-order chi connectivity index (χ0) is 16.2. The lowest BCUT2D eigenvalue weighted by atomic mass is 9.84. The summed E-state index contributed by atoms with van der Waals surface area (Å²) < 4.78 is 0. The summed E-state index contributed by atoms with van der Waals surface area (Å²) in [7, 11) is 0. The van der Waals surface area contributed by atoms with Crippen LogP contribution in [0.15, 0.2) is 37.4 Å². The predicted molar refractivity (Wildman–Crippen MR) is 100 cm³/mol. The normalized spacial score (nSPS) is 19.7. The van der Waals surface area contributed by atoms with Crippen LogP contribution in [0.2, 0.25) is 0 Å². The first-order valence-corrected chi connectivity index (χ1v) is 9.43. The zero-order valence-corrected chi connectivity index (χ0v) is 14.7. The molecule has 0 aromatic heterocycles. The molecule has 1 heteroatoms. The van der Waals surface area contributed by atoms with E-state index >= 15 is 0 Å². The number of rotatable bonds is 6. The van der Waals surface area contributed by atoms with Gasteiger partial charge in [-0.3, -0.25) is 0 Å². The van der Waals surface area contributed by atoms with Crippen LogP contribution in [0.25, 0.3) is 5.70 Å². The molecule has 2 aliphatic rings. The van der Waals surface area contributed by atoms with Gasteiger partial charge < -0.3 is 4.90 Å². The van der Waals surface area contributed by atoms with Crippen LogP contribution in [0.5, 0.6) is 0 Å². The van der Waals surface area contributed by atoms with E-state index < -0.39 is 0 Å². The maximum Gasteiger partial charge on any atom is 0.0474 e. The van der Waals surface area contributed by atoms with Gasteiger partial charge in [-0.25, -0.2) is 0 Å². The minimum absolute atomic E-state index is 0.418. The van der Waals surface area contributed by atoms with Gasteiger partial charge in [0.15, 0.2) is 0 Å². The van der Waals surface area contributed by atoms with E-state index in [9.17, 15) is 0 Å². The van der Waals surface area contributed by atoms with Gasteiger partial charge in [-0.05, 0) is 29.9 Å². The van der Waals surface area contributed by atoms with E-state index in [4.69, 9.17) is 0 Å². The minimum Gasteiger partial charge on any atom is -0.361 e. The molecule has 1 nitrogen and oxygen atoms in total. The van der Waals surface area contributed by atoms with Gasteiger partial charge in [0.25, 0.3) is 0 Å². The Hall–Kier alpha value is -1.50. The van der Waals surface area contributed by atoms with E-state index in [0.717, 1.165) is 18.9 Å². The van der Waals surface area contributed by atoms with Gasteiger partial charge >= 0.3 is 0 Å². The van der Waals surface area contributed by atoms with Crippen LogP contribution in [0.1, 0.15) is 68.6 Å². The van der Waals surface area contributed by atoms with E-state index in [0.29, 0.717) is 6.04 Å². The molecule has 1 saturated carbocycles. The summed E-state index contributed by atoms with van der Waals surface area (Å²) in [6, 6.07) is 7.51. The molecule has 1 aliphatic heterocycles. The monoisotopic (exact) mass is 309 g/mol. The SMILES string of the molecule is C=CC(CCC)N1Cc2cc(CC3CCCCC3)ccc2C1=C. The van der Waals surface area contributed by atoms with E-state index in [1.807, 2.05) is 0 Å². The second kappa shape index (κ2) is 7.38. The molecule has 0 N–H and O–H groups in total. The van der Waals surface area contributed by atoms with E-state index in [-0.39, 0.29) is 0 Å². The lowest BCUT2D eigenvalue weighted by Crippen LogP contribution is -2.27. The summed E-state index contributed by atoms with van der Waals surface area (Å²) in [5, 5.41) is 0. The molecule has 0 bridgehead atoms. The highest BCUT2D eigenvalue weighted by molar-refractivity contribution is 5.69. The third kappa shape index (κ3) is 3.54. The molecular weight excluding hydrogens is 278 g/mol. The average molecular weight is 309 g/mol. The van der Waals surface area contributed by atoms with Crippen molar-refractivity contribution in [2.75, 3.05) is 0 Å². The van der Waals surface area contributed by atoms with Crippen LogP contribution in [0.4, 0.5) is 0 Å². The Morgan fingerprint density at radius 3 is 2.74 bits per heavy atom. The van der Waals surface area contributed by atoms with Gasteiger partial charge in [0, 0.05) is 23.8 Å². The number of hydrogen-bond donors (Lipinski definition) is 0. The van der Waals surface area contributed by atoms with Crippen LogP contribution in [-0.2, 0) is 13.0 Å². The summed E-state index contributed by atoms with van der Waals surface area (Å²) in [6.45, 7) is 11.6. The molecule has 23 heavy (non-hydrogen) atoms. The Bertz CT molecular complexity index is 565. The first kappa shape index (κ1) is 16.4. The number of fused-ring (bicyclic) bond motifs is 1. The third-order valence-electron chi connectivity index (χ3n) is 5.67. The lowest BCUT2D eigenvalue weighted by Gasteiger charge is -2.27. The highest BCUT2D eigenvalue weighted by Crippen LogP contribution is 2.36. The van der Waals surface area contributed by atoms with Crippen molar-refractivity contribution >= 4 is 5.70 Å². The summed E-state index contributed by atoms with van der Waals surface area (Å²) in [6.07, 6.45) is 12.8. The largest absolute Gasteiger partial charge is 0.361 e. The minimum atomic E-state index is 0.418. The molecule has 0 amide bonds. The molecule has 1 aliphatic carbocycles. The Kier molecular flexibility index (Phi) is 5.25. The van der Waals surface area contributed by atoms with Crippen LogP contribution in [-0.4, -0.2) is 10.9 Å². The molecular formula is C22H31N. The molecule has 124 valence electrons. The third-order valence-corrected chi connectivity index (χ3v) is 5.67. The fraction of sp³-hybridized carbons (Fsp3) is 0.545. The van der Waals surface area contributed by atoms with Gasteiger partial charge in [0.05, 0.1) is 0 Å². The average Bonchev–Trinajstić information content (AvgIpc) is 2.90. The maximum atomic E-state index is 4.35. The first-order chi connectivity index (χ1) is 11.2. The summed E-state index contributed by atoms with van der Waals surface area (Å²) in [5.41, 5.74) is 5.52. The highest BCUT2D eigenvalue weighted by atomic mass is 15.2. The van der Waals surface area contributed by atoms with Crippen molar-refractivity contribution in [1.29, 1.82) is 0 Å². The summed E-state index contributed by atoms with van der Waals surface area (Å²) in [4.78, 5) is 2.44. The van der Waals surface area contributed by atoms with Crippen molar-refractivity contribution in [2.45, 2.75) is 70.9 Å². The molecule has 1 aromatic carbocycles. The van der Waals surface area contributed by atoms with Crippen molar-refractivity contribution < 1.29 is 0 Å². The smallest absolute Gasteiger partial charge is 0.0474 e. The molecule has 0 saturated heterocycles. The zero-order valence-electron chi connectivity index (χ0n) is 14.7. The molecule has 1 unspecified atom stereocenters.